The first-order valence-corrected chi connectivity index (χ1v) is 7.63. The molecule has 0 aliphatic carbocycles. The van der Waals surface area contributed by atoms with E-state index in [2.05, 4.69) is 41.6 Å². The van der Waals surface area contributed by atoms with Crippen LogP contribution in [-0.4, -0.2) is 40.2 Å². The largest absolute Gasteiger partial charge is 0.394 e. The van der Waals surface area contributed by atoms with Crippen molar-refractivity contribution in [1.29, 1.82) is 0 Å². The Hall–Kier alpha value is -1.30. The molecule has 2 rings (SSSR count). The number of nitrogens with zero attached hydrogens (tertiary/aromatic N) is 2. The van der Waals surface area contributed by atoms with E-state index in [4.69, 9.17) is 9.84 Å². The SMILES string of the molecule is Cc1ccc(C)c(-n2ccnc2SCCOCCO)c1. The third-order valence-electron chi connectivity index (χ3n) is 2.93. The fourth-order valence-electron chi connectivity index (χ4n) is 1.92. The number of imidazole rings is 1. The van der Waals surface area contributed by atoms with E-state index in [9.17, 15) is 0 Å². The van der Waals surface area contributed by atoms with Crippen molar-refractivity contribution in [3.05, 3.63) is 41.7 Å². The van der Waals surface area contributed by atoms with Gasteiger partial charge in [-0.1, -0.05) is 23.9 Å². The van der Waals surface area contributed by atoms with Crippen molar-refractivity contribution in [2.45, 2.75) is 19.0 Å². The molecule has 20 heavy (non-hydrogen) atoms. The smallest absolute Gasteiger partial charge is 0.172 e. The Morgan fingerprint density at radius 3 is 2.95 bits per heavy atom. The van der Waals surface area contributed by atoms with E-state index in [1.165, 1.54) is 16.8 Å². The zero-order valence-electron chi connectivity index (χ0n) is 11.9. The van der Waals surface area contributed by atoms with Crippen LogP contribution in [0.3, 0.4) is 0 Å². The number of benzene rings is 1. The standard InChI is InChI=1S/C15H20N2O2S/c1-12-3-4-13(2)14(11-12)17-6-5-16-15(17)20-10-9-19-8-7-18/h3-6,11,18H,7-10H2,1-2H3. The maximum Gasteiger partial charge on any atom is 0.172 e. The molecule has 5 heteroatoms. The zero-order chi connectivity index (χ0) is 14.4. The second-order valence-corrected chi connectivity index (χ2v) is 5.62. The van der Waals surface area contributed by atoms with Gasteiger partial charge in [0, 0.05) is 18.1 Å². The van der Waals surface area contributed by atoms with Crippen LogP contribution in [0, 0.1) is 13.8 Å². The highest BCUT2D eigenvalue weighted by molar-refractivity contribution is 7.99. The Balaban J connectivity index is 2.06. The summed E-state index contributed by atoms with van der Waals surface area (Å²) in [5.41, 5.74) is 3.63. The Morgan fingerprint density at radius 2 is 2.15 bits per heavy atom. The molecule has 1 aromatic heterocycles. The van der Waals surface area contributed by atoms with Gasteiger partial charge in [-0.25, -0.2) is 4.98 Å². The molecule has 0 saturated heterocycles. The third kappa shape index (κ3) is 3.85. The Labute approximate surface area is 123 Å². The maximum absolute atomic E-state index is 8.65. The van der Waals surface area contributed by atoms with E-state index in [1.54, 1.807) is 11.8 Å². The molecular weight excluding hydrogens is 272 g/mol. The number of hydrogen-bond donors (Lipinski definition) is 1. The third-order valence-corrected chi connectivity index (χ3v) is 3.86. The molecule has 0 saturated carbocycles. The molecule has 2 aromatic rings. The highest BCUT2D eigenvalue weighted by Crippen LogP contribution is 2.23. The van der Waals surface area contributed by atoms with E-state index >= 15 is 0 Å². The van der Waals surface area contributed by atoms with Crippen LogP contribution in [0.5, 0.6) is 0 Å². The summed E-state index contributed by atoms with van der Waals surface area (Å²) in [4.78, 5) is 4.40. The Morgan fingerprint density at radius 1 is 1.30 bits per heavy atom. The average molecular weight is 292 g/mol. The lowest BCUT2D eigenvalue weighted by Crippen LogP contribution is -2.04. The summed E-state index contributed by atoms with van der Waals surface area (Å²) in [7, 11) is 0. The van der Waals surface area contributed by atoms with Crippen molar-refractivity contribution in [3.63, 3.8) is 0 Å². The minimum absolute atomic E-state index is 0.0712. The fourth-order valence-corrected chi connectivity index (χ4v) is 2.73. The fraction of sp³-hybridized carbons (Fsp3) is 0.400. The Bertz CT molecular complexity index is 555. The molecule has 0 aliphatic heterocycles. The molecular formula is C15H20N2O2S. The van der Waals surface area contributed by atoms with E-state index < -0.39 is 0 Å². The molecule has 1 N–H and O–H groups in total. The van der Waals surface area contributed by atoms with Crippen LogP contribution in [0.2, 0.25) is 0 Å². The van der Waals surface area contributed by atoms with Crippen molar-refractivity contribution in [1.82, 2.24) is 9.55 Å². The second-order valence-electron chi connectivity index (χ2n) is 4.55. The minimum atomic E-state index is 0.0712. The summed E-state index contributed by atoms with van der Waals surface area (Å²) < 4.78 is 7.37. The lowest BCUT2D eigenvalue weighted by molar-refractivity contribution is 0.103. The van der Waals surface area contributed by atoms with Crippen LogP contribution >= 0.6 is 11.8 Å². The average Bonchev–Trinajstić information content (AvgIpc) is 2.89. The van der Waals surface area contributed by atoms with Crippen LogP contribution < -0.4 is 0 Å². The molecule has 0 atom stereocenters. The van der Waals surface area contributed by atoms with Crippen LogP contribution in [0.25, 0.3) is 5.69 Å². The molecule has 108 valence electrons. The van der Waals surface area contributed by atoms with Gasteiger partial charge in [0.15, 0.2) is 5.16 Å². The first kappa shape index (κ1) is 15.1. The van der Waals surface area contributed by atoms with Crippen LogP contribution in [-0.2, 0) is 4.74 Å². The first-order valence-electron chi connectivity index (χ1n) is 6.64. The number of ether oxygens (including phenoxy) is 1. The number of aryl methyl sites for hydroxylation is 2. The lowest BCUT2D eigenvalue weighted by atomic mass is 10.1. The van der Waals surface area contributed by atoms with Gasteiger partial charge in [-0.05, 0) is 31.0 Å². The van der Waals surface area contributed by atoms with Gasteiger partial charge in [0.05, 0.1) is 25.5 Å². The van der Waals surface area contributed by atoms with Crippen molar-refractivity contribution in [2.75, 3.05) is 25.6 Å². The monoisotopic (exact) mass is 292 g/mol. The zero-order valence-corrected chi connectivity index (χ0v) is 12.7. The van der Waals surface area contributed by atoms with Crippen LogP contribution in [0.15, 0.2) is 35.7 Å². The molecule has 0 aliphatic rings. The number of aliphatic hydroxyl groups excluding tert-OH is 1. The molecule has 0 radical (unpaired) electrons. The van der Waals surface area contributed by atoms with Gasteiger partial charge in [0.25, 0.3) is 0 Å². The van der Waals surface area contributed by atoms with Crippen LogP contribution in [0.4, 0.5) is 0 Å². The van der Waals surface area contributed by atoms with Crippen molar-refractivity contribution in [2.24, 2.45) is 0 Å². The normalized spacial score (nSPS) is 10.9. The van der Waals surface area contributed by atoms with E-state index in [-0.39, 0.29) is 6.61 Å². The summed E-state index contributed by atoms with van der Waals surface area (Å²) in [6.07, 6.45) is 3.80. The summed E-state index contributed by atoms with van der Waals surface area (Å²) in [6, 6.07) is 6.41. The summed E-state index contributed by atoms with van der Waals surface area (Å²) in [5, 5.41) is 9.61. The summed E-state index contributed by atoms with van der Waals surface area (Å²) >= 11 is 1.66. The number of aliphatic hydroxyl groups is 1. The Kier molecular flexibility index (Phi) is 5.64. The number of thioether (sulfide) groups is 1. The van der Waals surface area contributed by atoms with Gasteiger partial charge in [-0.15, -0.1) is 0 Å². The van der Waals surface area contributed by atoms with Gasteiger partial charge >= 0.3 is 0 Å². The summed E-state index contributed by atoms with van der Waals surface area (Å²) in [5.74, 6) is 0.821. The van der Waals surface area contributed by atoms with E-state index in [0.29, 0.717) is 13.2 Å². The van der Waals surface area contributed by atoms with Gasteiger partial charge < -0.3 is 9.84 Å². The quantitative estimate of drug-likeness (QED) is 0.629. The van der Waals surface area contributed by atoms with Gasteiger partial charge in [-0.3, -0.25) is 4.57 Å². The lowest BCUT2D eigenvalue weighted by Gasteiger charge is -2.11. The first-order chi connectivity index (χ1) is 9.72. The van der Waals surface area contributed by atoms with E-state index in [0.717, 1.165) is 10.9 Å². The second kappa shape index (κ2) is 7.47. The van der Waals surface area contributed by atoms with Gasteiger partial charge in [-0.2, -0.15) is 0 Å². The molecule has 4 nitrogen and oxygen atoms in total. The molecule has 0 unspecified atom stereocenters. The predicted octanol–water partition coefficient (Wildman–Crippen LogP) is 2.59. The molecule has 1 aromatic carbocycles. The van der Waals surface area contributed by atoms with Crippen LogP contribution in [0.1, 0.15) is 11.1 Å². The molecule has 1 heterocycles. The maximum atomic E-state index is 8.65. The van der Waals surface area contributed by atoms with Gasteiger partial charge in [0.2, 0.25) is 0 Å². The predicted molar refractivity (Wildman–Crippen MR) is 81.7 cm³/mol. The number of aromatic nitrogens is 2. The molecule has 0 bridgehead atoms. The molecule has 0 spiro atoms. The van der Waals surface area contributed by atoms with Crippen molar-refractivity contribution in [3.8, 4) is 5.69 Å². The van der Waals surface area contributed by atoms with E-state index in [1.807, 2.05) is 12.4 Å². The number of rotatable bonds is 7. The minimum Gasteiger partial charge on any atom is -0.394 e. The molecule has 0 amide bonds. The van der Waals surface area contributed by atoms with Crippen molar-refractivity contribution < 1.29 is 9.84 Å². The highest BCUT2D eigenvalue weighted by atomic mass is 32.2. The van der Waals surface area contributed by atoms with Gasteiger partial charge in [0.1, 0.15) is 0 Å². The van der Waals surface area contributed by atoms with Crippen molar-refractivity contribution >= 4 is 11.8 Å². The summed E-state index contributed by atoms with van der Waals surface area (Å²) in [6.45, 7) is 5.28. The topological polar surface area (TPSA) is 47.3 Å². The number of hydrogen-bond acceptors (Lipinski definition) is 4. The molecule has 0 fully saturated rings. The highest BCUT2D eigenvalue weighted by Gasteiger charge is 2.08.